The van der Waals surface area contributed by atoms with Crippen molar-refractivity contribution in [2.24, 2.45) is 5.41 Å². The quantitative estimate of drug-likeness (QED) is 0.559. The maximum Gasteiger partial charge on any atom is 0.631 e. The summed E-state index contributed by atoms with van der Waals surface area (Å²) >= 11 is 0. The molecule has 6 heteroatoms. The highest BCUT2D eigenvalue weighted by Crippen LogP contribution is 2.17. The molecule has 0 radical (unpaired) electrons. The Balaban J connectivity index is 0.000000557. The standard InChI is InChI=1S/C11H16O2.BH3O3/c1-11(2,8-12)9-13-10-6-4-3-5-7-10;2-1(3)4/h3-7,12H,8-9H2,1-2H3;2-4H. The van der Waals surface area contributed by atoms with Gasteiger partial charge in [-0.15, -0.1) is 0 Å². The number of para-hydroxylation sites is 1. The fourth-order valence-electron chi connectivity index (χ4n) is 0.841. The SMILES string of the molecule is CC(C)(CO)COc1ccccc1.OB(O)O. The van der Waals surface area contributed by atoms with E-state index >= 15 is 0 Å². The van der Waals surface area contributed by atoms with Crippen LogP contribution in [0.5, 0.6) is 5.75 Å². The van der Waals surface area contributed by atoms with E-state index in [1.54, 1.807) is 0 Å². The molecule has 1 aromatic carbocycles. The van der Waals surface area contributed by atoms with Crippen molar-refractivity contribution in [1.29, 1.82) is 0 Å². The summed E-state index contributed by atoms with van der Waals surface area (Å²) in [6.45, 7) is 4.61. The smallest absolute Gasteiger partial charge is 0.493 e. The molecule has 0 saturated carbocycles. The Kier molecular flexibility index (Phi) is 7.57. The van der Waals surface area contributed by atoms with E-state index in [2.05, 4.69) is 0 Å². The number of aliphatic hydroxyl groups is 1. The maximum atomic E-state index is 8.99. The molecule has 0 aliphatic rings. The predicted octanol–water partition coefficient (Wildman–Crippen LogP) is 0.0321. The normalized spacial score (nSPS) is 10.2. The maximum absolute atomic E-state index is 8.99. The lowest BCUT2D eigenvalue weighted by Crippen LogP contribution is -2.25. The molecule has 1 rings (SSSR count). The van der Waals surface area contributed by atoms with Gasteiger partial charge in [0.05, 0.1) is 13.2 Å². The zero-order chi connectivity index (χ0) is 13.3. The van der Waals surface area contributed by atoms with Gasteiger partial charge in [0.15, 0.2) is 0 Å². The number of aliphatic hydroxyl groups excluding tert-OH is 1. The summed E-state index contributed by atoms with van der Waals surface area (Å²) in [5.41, 5.74) is -0.171. The van der Waals surface area contributed by atoms with Crippen molar-refractivity contribution in [3.8, 4) is 5.75 Å². The second-order valence-corrected chi connectivity index (χ2v) is 4.27. The van der Waals surface area contributed by atoms with E-state index in [4.69, 9.17) is 24.9 Å². The fourth-order valence-corrected chi connectivity index (χ4v) is 0.841. The molecule has 1 aromatic rings. The van der Waals surface area contributed by atoms with Crippen LogP contribution in [0.3, 0.4) is 0 Å². The lowest BCUT2D eigenvalue weighted by Gasteiger charge is -2.21. The van der Waals surface area contributed by atoms with Crippen LogP contribution in [-0.4, -0.2) is 40.7 Å². The highest BCUT2D eigenvalue weighted by atomic mass is 16.5. The van der Waals surface area contributed by atoms with Crippen LogP contribution in [0, 0.1) is 5.41 Å². The third kappa shape index (κ3) is 9.83. The molecule has 0 unspecified atom stereocenters. The molecule has 0 atom stereocenters. The summed E-state index contributed by atoms with van der Waals surface area (Å²) in [4.78, 5) is 0. The molecule has 0 aliphatic heterocycles. The summed E-state index contributed by atoms with van der Waals surface area (Å²) in [6.07, 6.45) is 0. The van der Waals surface area contributed by atoms with Crippen LogP contribution in [0.1, 0.15) is 13.8 Å². The van der Waals surface area contributed by atoms with E-state index in [0.717, 1.165) is 5.75 Å². The first-order chi connectivity index (χ1) is 7.87. The number of hydrogen-bond donors (Lipinski definition) is 4. The number of ether oxygens (including phenoxy) is 1. The van der Waals surface area contributed by atoms with Crippen molar-refractivity contribution in [2.45, 2.75) is 13.8 Å². The zero-order valence-electron chi connectivity index (χ0n) is 10.1. The number of hydrogen-bond acceptors (Lipinski definition) is 5. The summed E-state index contributed by atoms with van der Waals surface area (Å²) < 4.78 is 5.50. The average molecular weight is 242 g/mol. The second-order valence-electron chi connectivity index (χ2n) is 4.27. The van der Waals surface area contributed by atoms with Gasteiger partial charge in [0, 0.05) is 5.41 Å². The van der Waals surface area contributed by atoms with Crippen molar-refractivity contribution < 1.29 is 24.9 Å². The van der Waals surface area contributed by atoms with E-state index in [-0.39, 0.29) is 12.0 Å². The molecule has 0 aliphatic carbocycles. The molecule has 5 nitrogen and oxygen atoms in total. The second kappa shape index (κ2) is 8.08. The molecule has 0 saturated heterocycles. The summed E-state index contributed by atoms with van der Waals surface area (Å²) in [5.74, 6) is 0.851. The third-order valence-electron chi connectivity index (χ3n) is 1.80. The van der Waals surface area contributed by atoms with Crippen molar-refractivity contribution in [3.63, 3.8) is 0 Å². The Morgan fingerprint density at radius 2 is 1.59 bits per heavy atom. The van der Waals surface area contributed by atoms with E-state index in [1.165, 1.54) is 0 Å². The van der Waals surface area contributed by atoms with Crippen LogP contribution in [0.4, 0.5) is 0 Å². The molecule has 0 spiro atoms. The fraction of sp³-hybridized carbons (Fsp3) is 0.455. The molecule has 17 heavy (non-hydrogen) atoms. The minimum absolute atomic E-state index is 0.139. The summed E-state index contributed by atoms with van der Waals surface area (Å²) in [7, 11) is -2.17. The van der Waals surface area contributed by atoms with E-state index < -0.39 is 7.32 Å². The van der Waals surface area contributed by atoms with Gasteiger partial charge < -0.3 is 24.9 Å². The van der Waals surface area contributed by atoms with Gasteiger partial charge >= 0.3 is 7.32 Å². The van der Waals surface area contributed by atoms with Crippen LogP contribution >= 0.6 is 0 Å². The molecular formula is C11H19BO5. The minimum Gasteiger partial charge on any atom is -0.493 e. The van der Waals surface area contributed by atoms with Gasteiger partial charge in [-0.3, -0.25) is 0 Å². The Bertz CT molecular complexity index is 286. The van der Waals surface area contributed by atoms with Gasteiger partial charge in [-0.25, -0.2) is 0 Å². The van der Waals surface area contributed by atoms with E-state index in [0.29, 0.717) is 6.61 Å². The van der Waals surface area contributed by atoms with E-state index in [9.17, 15) is 0 Å². The molecule has 0 fully saturated rings. The molecule has 0 aromatic heterocycles. The van der Waals surface area contributed by atoms with Gasteiger partial charge in [0.1, 0.15) is 5.75 Å². The van der Waals surface area contributed by atoms with Crippen LogP contribution < -0.4 is 4.74 Å². The Hall–Kier alpha value is -1.08. The van der Waals surface area contributed by atoms with Gasteiger partial charge in [0.25, 0.3) is 0 Å². The van der Waals surface area contributed by atoms with Gasteiger partial charge in [-0.1, -0.05) is 32.0 Å². The predicted molar refractivity (Wildman–Crippen MR) is 65.2 cm³/mol. The van der Waals surface area contributed by atoms with Crippen molar-refractivity contribution in [1.82, 2.24) is 0 Å². The molecular weight excluding hydrogens is 223 g/mol. The molecule has 0 amide bonds. The first kappa shape index (κ1) is 15.9. The molecule has 4 N–H and O–H groups in total. The minimum atomic E-state index is -2.17. The summed E-state index contributed by atoms with van der Waals surface area (Å²) in [5, 5.41) is 30.5. The van der Waals surface area contributed by atoms with Crippen LogP contribution in [0.2, 0.25) is 0 Å². The molecule has 96 valence electrons. The molecule has 0 heterocycles. The van der Waals surface area contributed by atoms with Gasteiger partial charge in [-0.05, 0) is 12.1 Å². The van der Waals surface area contributed by atoms with Gasteiger partial charge in [0.2, 0.25) is 0 Å². The largest absolute Gasteiger partial charge is 0.631 e. The topological polar surface area (TPSA) is 90.2 Å². The van der Waals surface area contributed by atoms with Crippen LogP contribution in [-0.2, 0) is 0 Å². The lowest BCUT2D eigenvalue weighted by molar-refractivity contribution is 0.0976. The number of rotatable bonds is 4. The highest BCUT2D eigenvalue weighted by molar-refractivity contribution is 6.30. The first-order valence-corrected chi connectivity index (χ1v) is 5.20. The lowest BCUT2D eigenvalue weighted by atomic mass is 9.97. The van der Waals surface area contributed by atoms with Crippen molar-refractivity contribution >= 4 is 7.32 Å². The molecule has 0 bridgehead atoms. The highest BCUT2D eigenvalue weighted by Gasteiger charge is 2.17. The third-order valence-corrected chi connectivity index (χ3v) is 1.80. The Morgan fingerprint density at radius 1 is 1.12 bits per heavy atom. The Labute approximate surface area is 101 Å². The monoisotopic (exact) mass is 242 g/mol. The first-order valence-electron chi connectivity index (χ1n) is 5.20. The zero-order valence-corrected chi connectivity index (χ0v) is 10.1. The van der Waals surface area contributed by atoms with Crippen LogP contribution in [0.25, 0.3) is 0 Å². The average Bonchev–Trinajstić information content (AvgIpc) is 2.27. The van der Waals surface area contributed by atoms with Crippen molar-refractivity contribution in [2.75, 3.05) is 13.2 Å². The van der Waals surface area contributed by atoms with E-state index in [1.807, 2.05) is 44.2 Å². The summed E-state index contributed by atoms with van der Waals surface area (Å²) in [6, 6.07) is 9.63. The Morgan fingerprint density at radius 3 is 2.00 bits per heavy atom. The van der Waals surface area contributed by atoms with Gasteiger partial charge in [-0.2, -0.15) is 0 Å². The number of benzene rings is 1. The van der Waals surface area contributed by atoms with Crippen LogP contribution in [0.15, 0.2) is 30.3 Å². The van der Waals surface area contributed by atoms with Crippen molar-refractivity contribution in [3.05, 3.63) is 30.3 Å².